The molecule has 6 heteroatoms. The van der Waals surface area contributed by atoms with Gasteiger partial charge >= 0.3 is 0 Å². The molecule has 2 N–H and O–H groups in total. The maximum atomic E-state index is 12.7. The third-order valence-electron chi connectivity index (χ3n) is 4.96. The van der Waals surface area contributed by atoms with E-state index in [0.29, 0.717) is 31.8 Å². The summed E-state index contributed by atoms with van der Waals surface area (Å²) in [5.41, 5.74) is 4.80. The zero-order chi connectivity index (χ0) is 18.1. The number of methoxy groups -OCH3 is 1. The van der Waals surface area contributed by atoms with E-state index in [1.54, 1.807) is 12.0 Å². The summed E-state index contributed by atoms with van der Waals surface area (Å²) in [4.78, 5) is 29.8. The Morgan fingerprint density at radius 2 is 2.04 bits per heavy atom. The van der Waals surface area contributed by atoms with Crippen molar-refractivity contribution in [3.05, 3.63) is 34.5 Å². The Kier molecular flexibility index (Phi) is 4.81. The first-order chi connectivity index (χ1) is 11.9. The molecule has 6 nitrogen and oxygen atoms in total. The van der Waals surface area contributed by atoms with E-state index in [1.165, 1.54) is 0 Å². The van der Waals surface area contributed by atoms with Gasteiger partial charge in [-0.3, -0.25) is 9.59 Å². The molecule has 0 saturated carbocycles. The minimum atomic E-state index is -0.162. The molecule has 1 atom stereocenters. The molecule has 1 aromatic carbocycles. The SMILES string of the molecule is COCCN1C[C@H](NC(=O)c2[nH]c3c(C)ccc(C)c3c2C)CC1=O. The van der Waals surface area contributed by atoms with Crippen molar-refractivity contribution in [3.8, 4) is 0 Å². The second-order valence-electron chi connectivity index (χ2n) is 6.78. The van der Waals surface area contributed by atoms with Crippen molar-refractivity contribution in [2.45, 2.75) is 33.2 Å². The minimum Gasteiger partial charge on any atom is -0.383 e. The highest BCUT2D eigenvalue weighted by Gasteiger charge is 2.31. The van der Waals surface area contributed by atoms with E-state index in [-0.39, 0.29) is 17.9 Å². The third kappa shape index (κ3) is 3.26. The molecule has 0 unspecified atom stereocenters. The summed E-state index contributed by atoms with van der Waals surface area (Å²) in [6.45, 7) is 7.64. The standard InChI is InChI=1S/C19H25N3O3/c1-11-5-6-12(2)17-16(11)13(3)18(21-17)19(24)20-14-9-15(23)22(10-14)7-8-25-4/h5-6,14,21H,7-10H2,1-4H3,(H,20,24)/t14-/m1/s1. The van der Waals surface area contributed by atoms with Gasteiger partial charge in [0.15, 0.2) is 0 Å². The fourth-order valence-corrected chi connectivity index (χ4v) is 3.57. The van der Waals surface area contributed by atoms with Crippen molar-refractivity contribution in [1.82, 2.24) is 15.2 Å². The summed E-state index contributed by atoms with van der Waals surface area (Å²) in [6.07, 6.45) is 0.340. The monoisotopic (exact) mass is 343 g/mol. The predicted molar refractivity (Wildman–Crippen MR) is 96.8 cm³/mol. The van der Waals surface area contributed by atoms with Crippen molar-refractivity contribution < 1.29 is 14.3 Å². The van der Waals surface area contributed by atoms with Crippen LogP contribution in [-0.2, 0) is 9.53 Å². The lowest BCUT2D eigenvalue weighted by molar-refractivity contribution is -0.128. The molecule has 1 saturated heterocycles. The highest BCUT2D eigenvalue weighted by molar-refractivity contribution is 6.03. The van der Waals surface area contributed by atoms with Crippen LogP contribution in [0.5, 0.6) is 0 Å². The number of nitrogens with one attached hydrogen (secondary N) is 2. The largest absolute Gasteiger partial charge is 0.383 e. The van der Waals surface area contributed by atoms with E-state index >= 15 is 0 Å². The van der Waals surface area contributed by atoms with E-state index in [2.05, 4.69) is 22.4 Å². The van der Waals surface area contributed by atoms with E-state index in [4.69, 9.17) is 4.74 Å². The number of aromatic amines is 1. The van der Waals surface area contributed by atoms with Crippen LogP contribution in [0.4, 0.5) is 0 Å². The van der Waals surface area contributed by atoms with Crippen LogP contribution in [0.3, 0.4) is 0 Å². The van der Waals surface area contributed by atoms with E-state index in [0.717, 1.165) is 27.6 Å². The number of nitrogens with zero attached hydrogens (tertiary/aromatic N) is 1. The number of ether oxygens (including phenoxy) is 1. The number of aryl methyl sites for hydroxylation is 3. The van der Waals surface area contributed by atoms with Gasteiger partial charge in [-0.25, -0.2) is 0 Å². The van der Waals surface area contributed by atoms with Crippen LogP contribution in [0, 0.1) is 20.8 Å². The summed E-state index contributed by atoms with van der Waals surface area (Å²) in [6, 6.07) is 3.96. The molecule has 25 heavy (non-hydrogen) atoms. The third-order valence-corrected chi connectivity index (χ3v) is 4.96. The summed E-state index contributed by atoms with van der Waals surface area (Å²) in [7, 11) is 1.61. The lowest BCUT2D eigenvalue weighted by Gasteiger charge is -2.16. The van der Waals surface area contributed by atoms with Gasteiger partial charge in [-0.1, -0.05) is 12.1 Å². The fraction of sp³-hybridized carbons (Fsp3) is 0.474. The number of carbonyl (C=O) groups is 2. The minimum absolute atomic E-state index is 0.0578. The maximum Gasteiger partial charge on any atom is 0.268 e. The molecule has 0 bridgehead atoms. The number of benzene rings is 1. The van der Waals surface area contributed by atoms with Crippen molar-refractivity contribution >= 4 is 22.7 Å². The fourth-order valence-electron chi connectivity index (χ4n) is 3.57. The molecule has 134 valence electrons. The summed E-state index contributed by atoms with van der Waals surface area (Å²) in [5.74, 6) is -0.0960. The van der Waals surface area contributed by atoms with Crippen LogP contribution in [-0.4, -0.2) is 54.5 Å². The predicted octanol–water partition coefficient (Wildman–Crippen LogP) is 2.07. The number of H-pyrrole nitrogens is 1. The summed E-state index contributed by atoms with van der Waals surface area (Å²) in [5, 5.41) is 4.11. The number of carbonyl (C=O) groups excluding carboxylic acids is 2. The van der Waals surface area contributed by atoms with E-state index in [9.17, 15) is 9.59 Å². The lowest BCUT2D eigenvalue weighted by atomic mass is 10.0. The smallest absolute Gasteiger partial charge is 0.268 e. The number of amides is 2. The van der Waals surface area contributed by atoms with Gasteiger partial charge in [0.05, 0.1) is 12.6 Å². The van der Waals surface area contributed by atoms with E-state index < -0.39 is 0 Å². The first-order valence-corrected chi connectivity index (χ1v) is 8.58. The lowest BCUT2D eigenvalue weighted by Crippen LogP contribution is -2.38. The average molecular weight is 343 g/mol. The molecular formula is C19H25N3O3. The molecule has 1 aliphatic heterocycles. The number of hydrogen-bond donors (Lipinski definition) is 2. The van der Waals surface area contributed by atoms with Crippen molar-refractivity contribution in [2.75, 3.05) is 26.8 Å². The number of hydrogen-bond acceptors (Lipinski definition) is 3. The van der Waals surface area contributed by atoms with Gasteiger partial charge in [-0.2, -0.15) is 0 Å². The Morgan fingerprint density at radius 1 is 1.32 bits per heavy atom. The molecule has 2 amide bonds. The Balaban J connectivity index is 1.77. The highest BCUT2D eigenvalue weighted by atomic mass is 16.5. The van der Waals surface area contributed by atoms with Crippen molar-refractivity contribution in [1.29, 1.82) is 0 Å². The highest BCUT2D eigenvalue weighted by Crippen LogP contribution is 2.27. The van der Waals surface area contributed by atoms with Crippen LogP contribution in [0.2, 0.25) is 0 Å². The molecule has 0 aliphatic carbocycles. The van der Waals surface area contributed by atoms with Gasteiger partial charge < -0.3 is 19.9 Å². The van der Waals surface area contributed by atoms with Gasteiger partial charge in [0.25, 0.3) is 5.91 Å². The van der Waals surface area contributed by atoms with Crippen LogP contribution in [0.25, 0.3) is 10.9 Å². The molecule has 1 fully saturated rings. The molecule has 3 rings (SSSR count). The molecule has 2 aromatic rings. The first kappa shape index (κ1) is 17.5. The van der Waals surface area contributed by atoms with Crippen LogP contribution in [0.15, 0.2) is 12.1 Å². The second-order valence-corrected chi connectivity index (χ2v) is 6.78. The molecule has 1 aliphatic rings. The van der Waals surface area contributed by atoms with Gasteiger partial charge in [-0.05, 0) is 37.5 Å². The molecule has 1 aromatic heterocycles. The van der Waals surface area contributed by atoms with E-state index in [1.807, 2.05) is 20.8 Å². The quantitative estimate of drug-likeness (QED) is 0.873. The zero-order valence-corrected chi connectivity index (χ0v) is 15.2. The van der Waals surface area contributed by atoms with Crippen molar-refractivity contribution in [2.24, 2.45) is 0 Å². The van der Waals surface area contributed by atoms with Gasteiger partial charge in [0.1, 0.15) is 5.69 Å². The topological polar surface area (TPSA) is 74.4 Å². The number of aromatic nitrogens is 1. The Hall–Kier alpha value is -2.34. The Bertz CT molecular complexity index is 825. The first-order valence-electron chi connectivity index (χ1n) is 8.58. The van der Waals surface area contributed by atoms with Gasteiger partial charge in [0, 0.05) is 37.5 Å². The number of fused-ring (bicyclic) bond motifs is 1. The average Bonchev–Trinajstić information content (AvgIpc) is 3.10. The second kappa shape index (κ2) is 6.88. The van der Waals surface area contributed by atoms with Crippen LogP contribution < -0.4 is 5.32 Å². The molecular weight excluding hydrogens is 318 g/mol. The molecule has 2 heterocycles. The Labute approximate surface area is 147 Å². The van der Waals surface area contributed by atoms with Crippen LogP contribution >= 0.6 is 0 Å². The normalized spacial score (nSPS) is 17.5. The summed E-state index contributed by atoms with van der Waals surface area (Å²) >= 11 is 0. The van der Waals surface area contributed by atoms with Gasteiger partial charge in [0.2, 0.25) is 5.91 Å². The molecule has 0 spiro atoms. The number of rotatable bonds is 5. The molecule has 0 radical (unpaired) electrons. The van der Waals surface area contributed by atoms with Crippen molar-refractivity contribution in [3.63, 3.8) is 0 Å². The maximum absolute atomic E-state index is 12.7. The van der Waals surface area contributed by atoms with Crippen LogP contribution in [0.1, 0.15) is 33.6 Å². The summed E-state index contributed by atoms with van der Waals surface area (Å²) < 4.78 is 5.02. The zero-order valence-electron chi connectivity index (χ0n) is 15.2. The number of likely N-dealkylation sites (tertiary alicyclic amines) is 1. The Morgan fingerprint density at radius 3 is 2.72 bits per heavy atom. The van der Waals surface area contributed by atoms with Gasteiger partial charge in [-0.15, -0.1) is 0 Å².